The quantitative estimate of drug-likeness (QED) is 0.262. The maximum atomic E-state index is 6.72. The van der Waals surface area contributed by atoms with E-state index in [2.05, 4.69) is 11.8 Å². The molecule has 0 radical (unpaired) electrons. The molecular weight excluding hydrogens is 100 g/mol. The molecule has 1 aliphatic carbocycles. The minimum absolute atomic E-state index is 0.0168. The second-order valence-corrected chi connectivity index (χ2v) is 1.96. The molecule has 1 aliphatic rings. The summed E-state index contributed by atoms with van der Waals surface area (Å²) in [4.78, 5) is 0. The first kappa shape index (κ1) is 5.17. The van der Waals surface area contributed by atoms with Crippen LogP contribution in [0.3, 0.4) is 0 Å². The van der Waals surface area contributed by atoms with Crippen molar-refractivity contribution >= 4 is 5.84 Å². The lowest BCUT2D eigenvalue weighted by molar-refractivity contribution is 1.18. The summed E-state index contributed by atoms with van der Waals surface area (Å²) in [6.07, 6.45) is 2.39. The fourth-order valence-corrected chi connectivity index (χ4v) is 0.407. The lowest BCUT2D eigenvalue weighted by Gasteiger charge is -1.74. The van der Waals surface area contributed by atoms with E-state index in [-0.39, 0.29) is 5.84 Å². The fraction of sp³-hybridized carbons (Fsp3) is 0.500. The molecule has 42 valence electrons. The zero-order valence-electron chi connectivity index (χ0n) is 4.57. The number of nitrogens with two attached hydrogens (primary N) is 1. The third kappa shape index (κ3) is 1.65. The van der Waals surface area contributed by atoms with E-state index >= 15 is 0 Å². The minimum Gasteiger partial charge on any atom is -0.377 e. The van der Waals surface area contributed by atoms with Crippen LogP contribution in [-0.4, -0.2) is 5.84 Å². The highest BCUT2D eigenvalue weighted by atomic mass is 14.7. The van der Waals surface area contributed by atoms with Gasteiger partial charge in [0.25, 0.3) is 0 Å². The Bertz CT molecular complexity index is 157. The van der Waals surface area contributed by atoms with Gasteiger partial charge in [0.05, 0.1) is 0 Å². The van der Waals surface area contributed by atoms with E-state index in [0.717, 1.165) is 0 Å². The van der Waals surface area contributed by atoms with E-state index in [9.17, 15) is 0 Å². The largest absolute Gasteiger partial charge is 0.377 e. The summed E-state index contributed by atoms with van der Waals surface area (Å²) in [6, 6.07) is 0. The summed E-state index contributed by atoms with van der Waals surface area (Å²) in [7, 11) is 0. The smallest absolute Gasteiger partial charge is 0.168 e. The van der Waals surface area contributed by atoms with E-state index in [4.69, 9.17) is 11.1 Å². The lowest BCUT2D eigenvalue weighted by atomic mass is 10.4. The van der Waals surface area contributed by atoms with Crippen molar-refractivity contribution in [2.45, 2.75) is 12.8 Å². The van der Waals surface area contributed by atoms with Gasteiger partial charge in [-0.25, -0.2) is 0 Å². The normalized spacial score (nSPS) is 16.5. The predicted octanol–water partition coefficient (Wildman–Crippen LogP) is 0.336. The summed E-state index contributed by atoms with van der Waals surface area (Å²) in [5, 5.41) is 6.72. The summed E-state index contributed by atoms with van der Waals surface area (Å²) >= 11 is 0. The zero-order chi connectivity index (χ0) is 5.98. The Morgan fingerprint density at radius 3 is 2.62 bits per heavy atom. The Balaban J connectivity index is 2.34. The lowest BCUT2D eigenvalue weighted by Crippen LogP contribution is -2.04. The van der Waals surface area contributed by atoms with E-state index in [1.54, 1.807) is 0 Å². The highest BCUT2D eigenvalue weighted by Crippen LogP contribution is 2.27. The summed E-state index contributed by atoms with van der Waals surface area (Å²) in [5.74, 6) is 5.91. The van der Waals surface area contributed by atoms with E-state index in [0.29, 0.717) is 5.92 Å². The van der Waals surface area contributed by atoms with Gasteiger partial charge in [0, 0.05) is 5.92 Å². The van der Waals surface area contributed by atoms with Gasteiger partial charge in [-0.3, -0.25) is 5.41 Å². The molecule has 1 saturated carbocycles. The second kappa shape index (κ2) is 1.87. The molecule has 0 aromatic heterocycles. The molecule has 1 fully saturated rings. The maximum absolute atomic E-state index is 6.72. The molecule has 0 aromatic rings. The number of amidine groups is 1. The first-order valence-corrected chi connectivity index (χ1v) is 2.64. The molecule has 2 nitrogen and oxygen atoms in total. The third-order valence-electron chi connectivity index (χ3n) is 0.988. The molecule has 0 amide bonds. The molecule has 0 aliphatic heterocycles. The van der Waals surface area contributed by atoms with Crippen LogP contribution in [0.15, 0.2) is 0 Å². The Morgan fingerprint density at radius 1 is 1.62 bits per heavy atom. The van der Waals surface area contributed by atoms with Crippen LogP contribution >= 0.6 is 0 Å². The number of rotatable bonds is 0. The van der Waals surface area contributed by atoms with Crippen LogP contribution in [0.2, 0.25) is 0 Å². The van der Waals surface area contributed by atoms with Gasteiger partial charge in [0.2, 0.25) is 0 Å². The highest BCUT2D eigenvalue weighted by Gasteiger charge is 2.17. The van der Waals surface area contributed by atoms with Crippen molar-refractivity contribution in [1.29, 1.82) is 5.41 Å². The SMILES string of the molecule is N=C(N)C#CC1CC1. The van der Waals surface area contributed by atoms with Crippen molar-refractivity contribution in [2.75, 3.05) is 0 Å². The van der Waals surface area contributed by atoms with Crippen LogP contribution < -0.4 is 5.73 Å². The minimum atomic E-state index is -0.0168. The molecule has 0 saturated heterocycles. The van der Waals surface area contributed by atoms with Gasteiger partial charge in [0.1, 0.15) is 0 Å². The van der Waals surface area contributed by atoms with Crippen molar-refractivity contribution in [3.8, 4) is 11.8 Å². The van der Waals surface area contributed by atoms with Gasteiger partial charge in [0.15, 0.2) is 5.84 Å². The Kier molecular flexibility index (Phi) is 1.21. The monoisotopic (exact) mass is 108 g/mol. The standard InChI is InChI=1S/C6H8N2/c7-6(8)4-3-5-1-2-5/h5H,1-2H2,(H3,7,8). The van der Waals surface area contributed by atoms with Crippen molar-refractivity contribution in [2.24, 2.45) is 11.7 Å². The van der Waals surface area contributed by atoms with Crippen LogP contribution in [0.5, 0.6) is 0 Å². The molecule has 0 unspecified atom stereocenters. The molecule has 0 heterocycles. The van der Waals surface area contributed by atoms with Crippen LogP contribution in [-0.2, 0) is 0 Å². The predicted molar refractivity (Wildman–Crippen MR) is 32.4 cm³/mol. The first-order valence-electron chi connectivity index (χ1n) is 2.64. The van der Waals surface area contributed by atoms with Gasteiger partial charge >= 0.3 is 0 Å². The average molecular weight is 108 g/mol. The molecule has 0 aromatic carbocycles. The molecule has 0 atom stereocenters. The van der Waals surface area contributed by atoms with Gasteiger partial charge in [-0.05, 0) is 18.8 Å². The van der Waals surface area contributed by atoms with Gasteiger partial charge < -0.3 is 5.73 Å². The van der Waals surface area contributed by atoms with Crippen molar-refractivity contribution in [3.05, 3.63) is 0 Å². The summed E-state index contributed by atoms with van der Waals surface area (Å²) in [6.45, 7) is 0. The number of hydrogen-bond acceptors (Lipinski definition) is 1. The van der Waals surface area contributed by atoms with Crippen LogP contribution in [0.1, 0.15) is 12.8 Å². The van der Waals surface area contributed by atoms with Crippen LogP contribution in [0, 0.1) is 23.2 Å². The number of hydrogen-bond donors (Lipinski definition) is 2. The van der Waals surface area contributed by atoms with E-state index < -0.39 is 0 Å². The van der Waals surface area contributed by atoms with Crippen molar-refractivity contribution in [3.63, 3.8) is 0 Å². The Hall–Kier alpha value is -0.970. The fourth-order valence-electron chi connectivity index (χ4n) is 0.407. The van der Waals surface area contributed by atoms with Crippen molar-refractivity contribution < 1.29 is 0 Å². The van der Waals surface area contributed by atoms with Crippen LogP contribution in [0.4, 0.5) is 0 Å². The molecule has 8 heavy (non-hydrogen) atoms. The van der Waals surface area contributed by atoms with E-state index in [1.165, 1.54) is 12.8 Å². The molecule has 1 rings (SSSR count). The summed E-state index contributed by atoms with van der Waals surface area (Å²) in [5.41, 5.74) is 4.98. The average Bonchev–Trinajstić information content (AvgIpc) is 2.41. The van der Waals surface area contributed by atoms with Gasteiger partial charge in [-0.15, -0.1) is 0 Å². The number of nitrogens with one attached hydrogen (secondary N) is 1. The topological polar surface area (TPSA) is 49.9 Å². The van der Waals surface area contributed by atoms with Crippen molar-refractivity contribution in [1.82, 2.24) is 0 Å². The Morgan fingerprint density at radius 2 is 2.25 bits per heavy atom. The first-order chi connectivity index (χ1) is 3.79. The summed E-state index contributed by atoms with van der Waals surface area (Å²) < 4.78 is 0. The highest BCUT2D eigenvalue weighted by molar-refractivity contribution is 5.94. The Labute approximate surface area is 48.6 Å². The molecular formula is C6H8N2. The molecule has 3 N–H and O–H groups in total. The van der Waals surface area contributed by atoms with Crippen LogP contribution in [0.25, 0.3) is 0 Å². The molecule has 0 spiro atoms. The maximum Gasteiger partial charge on any atom is 0.168 e. The van der Waals surface area contributed by atoms with Gasteiger partial charge in [-0.1, -0.05) is 5.92 Å². The van der Waals surface area contributed by atoms with Gasteiger partial charge in [-0.2, -0.15) is 0 Å². The molecule has 2 heteroatoms. The third-order valence-corrected chi connectivity index (χ3v) is 0.988. The molecule has 0 bridgehead atoms. The van der Waals surface area contributed by atoms with E-state index in [1.807, 2.05) is 0 Å². The second-order valence-electron chi connectivity index (χ2n) is 1.96. The zero-order valence-corrected chi connectivity index (χ0v) is 4.57.